The third-order valence-corrected chi connectivity index (χ3v) is 4.75. The van der Waals surface area contributed by atoms with Gasteiger partial charge in [-0.3, -0.25) is 14.0 Å². The number of hydrogen-bond donors (Lipinski definition) is 1. The second-order valence-corrected chi connectivity index (χ2v) is 6.29. The average molecular weight is 307 g/mol. The van der Waals surface area contributed by atoms with E-state index in [2.05, 4.69) is 4.98 Å². The summed E-state index contributed by atoms with van der Waals surface area (Å²) in [5.41, 5.74) is 1.84. The van der Waals surface area contributed by atoms with E-state index in [0.29, 0.717) is 25.9 Å². The molecule has 112 valence electrons. The Morgan fingerprint density at radius 1 is 1.52 bits per heavy atom. The maximum atomic E-state index is 12.4. The molecular weight excluding hydrogens is 290 g/mol. The molecule has 1 N–H and O–H groups in total. The fourth-order valence-electron chi connectivity index (χ4n) is 2.74. The molecule has 1 unspecified atom stereocenters. The molecule has 0 aliphatic carbocycles. The molecule has 0 saturated carbocycles. The maximum Gasteiger partial charge on any atom is 0.308 e. The molecule has 3 heterocycles. The first kappa shape index (κ1) is 14.1. The second-order valence-electron chi connectivity index (χ2n) is 5.46. The van der Waals surface area contributed by atoms with E-state index in [4.69, 9.17) is 5.11 Å². The van der Waals surface area contributed by atoms with Gasteiger partial charge in [-0.2, -0.15) is 0 Å². The molecule has 1 aliphatic heterocycles. The Labute approximate surface area is 126 Å². The number of carbonyl (C=O) groups excluding carboxylic acids is 1. The Balaban J connectivity index is 1.72. The first-order valence-corrected chi connectivity index (χ1v) is 7.85. The van der Waals surface area contributed by atoms with Crippen molar-refractivity contribution < 1.29 is 14.7 Å². The molecule has 0 aromatic carbocycles. The van der Waals surface area contributed by atoms with Gasteiger partial charge in [0.25, 0.3) is 0 Å². The van der Waals surface area contributed by atoms with Gasteiger partial charge in [0, 0.05) is 30.4 Å². The molecule has 0 bridgehead atoms. The van der Waals surface area contributed by atoms with Crippen LogP contribution in [-0.2, 0) is 16.0 Å². The van der Waals surface area contributed by atoms with Crippen molar-refractivity contribution in [1.29, 1.82) is 0 Å². The van der Waals surface area contributed by atoms with Crippen LogP contribution < -0.4 is 0 Å². The van der Waals surface area contributed by atoms with Crippen LogP contribution in [0.5, 0.6) is 0 Å². The highest BCUT2D eigenvalue weighted by Crippen LogP contribution is 2.20. The van der Waals surface area contributed by atoms with Crippen molar-refractivity contribution in [2.75, 3.05) is 13.1 Å². The number of aliphatic carboxylic acids is 1. The summed E-state index contributed by atoms with van der Waals surface area (Å²) in [6.07, 6.45) is 3.63. The van der Waals surface area contributed by atoms with Crippen LogP contribution in [-0.4, -0.2) is 44.4 Å². The van der Waals surface area contributed by atoms with Crippen LogP contribution in [0.25, 0.3) is 4.96 Å². The summed E-state index contributed by atoms with van der Waals surface area (Å²) in [5, 5.41) is 11.0. The number of aromatic nitrogens is 2. The number of aryl methyl sites for hydroxylation is 1. The van der Waals surface area contributed by atoms with E-state index in [1.165, 1.54) is 11.3 Å². The standard InChI is InChI=1S/C14H17N3O3S/c1-9-6-17-11(8-21-14(17)15-9)5-12(18)16-4-2-3-10(7-16)13(19)20/h6,8,10H,2-5,7H2,1H3,(H,19,20). The number of carbonyl (C=O) groups is 2. The molecule has 3 rings (SSSR count). The number of rotatable bonds is 3. The number of likely N-dealkylation sites (tertiary alicyclic amines) is 1. The Kier molecular flexibility index (Phi) is 3.67. The smallest absolute Gasteiger partial charge is 0.308 e. The molecule has 1 aliphatic rings. The number of fused-ring (bicyclic) bond motifs is 1. The number of amides is 1. The lowest BCUT2D eigenvalue weighted by Gasteiger charge is -2.30. The monoisotopic (exact) mass is 307 g/mol. The van der Waals surface area contributed by atoms with Crippen molar-refractivity contribution in [3.05, 3.63) is 23.0 Å². The van der Waals surface area contributed by atoms with Gasteiger partial charge >= 0.3 is 5.97 Å². The molecule has 0 spiro atoms. The van der Waals surface area contributed by atoms with Crippen molar-refractivity contribution in [3.8, 4) is 0 Å². The van der Waals surface area contributed by atoms with Crippen molar-refractivity contribution >= 4 is 28.2 Å². The van der Waals surface area contributed by atoms with E-state index in [1.807, 2.05) is 22.9 Å². The Bertz CT molecular complexity index is 691. The largest absolute Gasteiger partial charge is 0.481 e. The molecule has 6 nitrogen and oxygen atoms in total. The van der Waals surface area contributed by atoms with Crippen LogP contribution in [0, 0.1) is 12.8 Å². The summed E-state index contributed by atoms with van der Waals surface area (Å²) in [6, 6.07) is 0. The molecule has 1 atom stereocenters. The van der Waals surface area contributed by atoms with Gasteiger partial charge in [-0.25, -0.2) is 4.98 Å². The molecule has 1 amide bonds. The zero-order valence-corrected chi connectivity index (χ0v) is 12.6. The molecule has 1 saturated heterocycles. The molecule has 0 radical (unpaired) electrons. The summed E-state index contributed by atoms with van der Waals surface area (Å²) in [7, 11) is 0. The van der Waals surface area contributed by atoms with Gasteiger partial charge in [-0.15, -0.1) is 11.3 Å². The van der Waals surface area contributed by atoms with Gasteiger partial charge < -0.3 is 10.0 Å². The number of carboxylic acid groups (broad SMARTS) is 1. The topological polar surface area (TPSA) is 74.9 Å². The minimum atomic E-state index is -0.810. The Morgan fingerprint density at radius 2 is 2.33 bits per heavy atom. The average Bonchev–Trinajstić information content (AvgIpc) is 2.99. The SMILES string of the molecule is Cc1cn2c(CC(=O)N3CCCC(C(=O)O)C3)csc2n1. The minimum absolute atomic E-state index is 0.00740. The second kappa shape index (κ2) is 5.48. The van der Waals surface area contributed by atoms with E-state index in [1.54, 1.807) is 4.90 Å². The van der Waals surface area contributed by atoms with Crippen LogP contribution >= 0.6 is 11.3 Å². The van der Waals surface area contributed by atoms with E-state index in [9.17, 15) is 9.59 Å². The molecule has 2 aromatic rings. The summed E-state index contributed by atoms with van der Waals surface area (Å²) in [4.78, 5) is 30.4. The Morgan fingerprint density at radius 3 is 3.10 bits per heavy atom. The Hall–Kier alpha value is -1.89. The summed E-state index contributed by atoms with van der Waals surface area (Å²) in [5.74, 6) is -1.25. The van der Waals surface area contributed by atoms with E-state index >= 15 is 0 Å². The van der Waals surface area contributed by atoms with Crippen LogP contribution in [0.4, 0.5) is 0 Å². The van der Waals surface area contributed by atoms with Crippen molar-refractivity contribution in [2.45, 2.75) is 26.2 Å². The van der Waals surface area contributed by atoms with Crippen LogP contribution in [0.15, 0.2) is 11.6 Å². The predicted octanol–water partition coefficient (Wildman–Crippen LogP) is 1.57. The first-order valence-electron chi connectivity index (χ1n) is 6.97. The van der Waals surface area contributed by atoms with E-state index in [-0.39, 0.29) is 5.91 Å². The van der Waals surface area contributed by atoms with Gasteiger partial charge in [0.05, 0.1) is 18.0 Å². The van der Waals surface area contributed by atoms with E-state index < -0.39 is 11.9 Å². The van der Waals surface area contributed by atoms with Crippen molar-refractivity contribution in [2.24, 2.45) is 5.92 Å². The number of thiazole rings is 1. The third-order valence-electron chi connectivity index (χ3n) is 3.86. The normalized spacial score (nSPS) is 19.1. The van der Waals surface area contributed by atoms with Gasteiger partial charge in [0.2, 0.25) is 5.91 Å². The number of nitrogens with zero attached hydrogens (tertiary/aromatic N) is 3. The van der Waals surface area contributed by atoms with E-state index in [0.717, 1.165) is 22.8 Å². The van der Waals surface area contributed by atoms with Crippen molar-refractivity contribution in [3.63, 3.8) is 0 Å². The summed E-state index contributed by atoms with van der Waals surface area (Å²) < 4.78 is 1.94. The third kappa shape index (κ3) is 2.78. The molecule has 21 heavy (non-hydrogen) atoms. The first-order chi connectivity index (χ1) is 10.0. The number of imidazole rings is 1. The lowest BCUT2D eigenvalue weighted by atomic mass is 9.98. The quantitative estimate of drug-likeness (QED) is 0.934. The van der Waals surface area contributed by atoms with Crippen molar-refractivity contribution in [1.82, 2.24) is 14.3 Å². The summed E-state index contributed by atoms with van der Waals surface area (Å²) in [6.45, 7) is 2.90. The fraction of sp³-hybridized carbons (Fsp3) is 0.500. The van der Waals surface area contributed by atoms with Crippen LogP contribution in [0.3, 0.4) is 0 Å². The van der Waals surface area contributed by atoms with Gasteiger partial charge in [0.1, 0.15) is 0 Å². The molecule has 7 heteroatoms. The highest BCUT2D eigenvalue weighted by Gasteiger charge is 2.28. The highest BCUT2D eigenvalue weighted by molar-refractivity contribution is 7.15. The predicted molar refractivity (Wildman–Crippen MR) is 78.4 cm³/mol. The molecule has 2 aromatic heterocycles. The highest BCUT2D eigenvalue weighted by atomic mass is 32.1. The van der Waals surface area contributed by atoms with Gasteiger partial charge in [-0.05, 0) is 19.8 Å². The van der Waals surface area contributed by atoms with Gasteiger partial charge in [0.15, 0.2) is 4.96 Å². The number of carboxylic acids is 1. The zero-order valence-electron chi connectivity index (χ0n) is 11.8. The van der Waals surface area contributed by atoms with Crippen LogP contribution in [0.2, 0.25) is 0 Å². The maximum absolute atomic E-state index is 12.4. The van der Waals surface area contributed by atoms with Gasteiger partial charge in [-0.1, -0.05) is 0 Å². The molecule has 1 fully saturated rings. The lowest BCUT2D eigenvalue weighted by Crippen LogP contribution is -2.43. The lowest BCUT2D eigenvalue weighted by molar-refractivity contribution is -0.145. The zero-order chi connectivity index (χ0) is 15.0. The number of piperidine rings is 1. The fourth-order valence-corrected chi connectivity index (χ4v) is 3.66. The minimum Gasteiger partial charge on any atom is -0.481 e. The molecular formula is C14H17N3O3S. The number of hydrogen-bond acceptors (Lipinski definition) is 4. The van der Waals surface area contributed by atoms with Crippen LogP contribution in [0.1, 0.15) is 24.2 Å². The summed E-state index contributed by atoms with van der Waals surface area (Å²) >= 11 is 1.52.